The summed E-state index contributed by atoms with van der Waals surface area (Å²) in [6.45, 7) is 0. The molecule has 3 N–H and O–H groups in total. The van der Waals surface area contributed by atoms with Crippen LogP contribution in [-0.2, 0) is 9.59 Å². The van der Waals surface area contributed by atoms with Crippen LogP contribution in [0.2, 0.25) is 5.02 Å². The van der Waals surface area contributed by atoms with Crippen LogP contribution in [0, 0.1) is 0 Å². The first-order valence-corrected chi connectivity index (χ1v) is 13.9. The summed E-state index contributed by atoms with van der Waals surface area (Å²) in [5, 5.41) is 8.90. The van der Waals surface area contributed by atoms with Gasteiger partial charge in [-0.3, -0.25) is 14.4 Å². The minimum atomic E-state index is -0.505. The van der Waals surface area contributed by atoms with E-state index in [2.05, 4.69) is 31.9 Å². The zero-order chi connectivity index (χ0) is 27.6. The maximum absolute atomic E-state index is 13.3. The van der Waals surface area contributed by atoms with Crippen LogP contribution in [-0.4, -0.2) is 23.5 Å². The molecule has 0 aliphatic heterocycles. The summed E-state index contributed by atoms with van der Waals surface area (Å²) in [7, 11) is 0. The highest BCUT2D eigenvalue weighted by Crippen LogP contribution is 2.23. The molecule has 196 valence electrons. The van der Waals surface area contributed by atoms with Crippen molar-refractivity contribution in [2.75, 3.05) is 16.4 Å². The molecule has 0 aromatic heterocycles. The Morgan fingerprint density at radius 2 is 1.54 bits per heavy atom. The third-order valence-electron chi connectivity index (χ3n) is 5.28. The molecular weight excluding hydrogens is 598 g/mol. The van der Waals surface area contributed by atoms with Crippen molar-refractivity contribution in [3.63, 3.8) is 0 Å². The smallest absolute Gasteiger partial charge is 0.272 e. The van der Waals surface area contributed by atoms with E-state index in [0.29, 0.717) is 27.5 Å². The zero-order valence-corrected chi connectivity index (χ0v) is 23.6. The van der Waals surface area contributed by atoms with Crippen molar-refractivity contribution in [3.8, 4) is 0 Å². The Bertz CT molecular complexity index is 1510. The number of amides is 3. The molecule has 0 saturated carbocycles. The first-order chi connectivity index (χ1) is 18.9. The van der Waals surface area contributed by atoms with Crippen LogP contribution in [0.3, 0.4) is 0 Å². The molecule has 9 heteroatoms. The van der Waals surface area contributed by atoms with Crippen LogP contribution in [0.15, 0.2) is 118 Å². The number of thioether (sulfide) groups is 1. The standard InChI is InChI=1S/C30H23BrClN3O3S/c31-22-12-14-24(15-13-22)33-28(36)19-39-26-11-5-10-25(18-26)34-30(38)27(17-20-6-4-9-23(32)16-20)35-29(37)21-7-2-1-3-8-21/h1-18H,19H2,(H,33,36)(H,34,38)(H,35,37)/b27-17-. The topological polar surface area (TPSA) is 87.3 Å². The van der Waals surface area contributed by atoms with E-state index >= 15 is 0 Å². The quantitative estimate of drug-likeness (QED) is 0.136. The lowest BCUT2D eigenvalue weighted by Crippen LogP contribution is -2.30. The monoisotopic (exact) mass is 619 g/mol. The highest BCUT2D eigenvalue weighted by Gasteiger charge is 2.15. The second-order valence-electron chi connectivity index (χ2n) is 8.26. The maximum Gasteiger partial charge on any atom is 0.272 e. The van der Waals surface area contributed by atoms with Crippen molar-refractivity contribution >= 4 is 74.5 Å². The fourth-order valence-electron chi connectivity index (χ4n) is 3.45. The van der Waals surface area contributed by atoms with Gasteiger partial charge < -0.3 is 16.0 Å². The molecule has 0 spiro atoms. The molecule has 4 rings (SSSR count). The van der Waals surface area contributed by atoms with E-state index < -0.39 is 11.8 Å². The zero-order valence-electron chi connectivity index (χ0n) is 20.5. The molecule has 0 radical (unpaired) electrons. The van der Waals surface area contributed by atoms with E-state index in [9.17, 15) is 14.4 Å². The van der Waals surface area contributed by atoms with Crippen LogP contribution in [0.5, 0.6) is 0 Å². The molecule has 0 fully saturated rings. The molecule has 0 bridgehead atoms. The number of hydrogen-bond donors (Lipinski definition) is 3. The highest BCUT2D eigenvalue weighted by molar-refractivity contribution is 9.10. The average molecular weight is 621 g/mol. The van der Waals surface area contributed by atoms with Gasteiger partial charge in [-0.25, -0.2) is 0 Å². The Morgan fingerprint density at radius 3 is 2.28 bits per heavy atom. The van der Waals surface area contributed by atoms with E-state index in [4.69, 9.17) is 11.6 Å². The molecule has 4 aromatic rings. The number of carbonyl (C=O) groups is 3. The van der Waals surface area contributed by atoms with Gasteiger partial charge in [-0.05, 0) is 78.4 Å². The van der Waals surface area contributed by atoms with Gasteiger partial charge >= 0.3 is 0 Å². The summed E-state index contributed by atoms with van der Waals surface area (Å²) in [6.07, 6.45) is 1.56. The normalized spacial score (nSPS) is 11.0. The number of halogens is 2. The number of nitrogens with one attached hydrogen (secondary N) is 3. The van der Waals surface area contributed by atoms with Crippen molar-refractivity contribution in [1.82, 2.24) is 5.32 Å². The van der Waals surface area contributed by atoms with Gasteiger partial charge in [0.25, 0.3) is 11.8 Å². The fourth-order valence-corrected chi connectivity index (χ4v) is 4.66. The Hall–Kier alpha value is -3.85. The number of rotatable bonds is 9. The third kappa shape index (κ3) is 8.85. The minimum Gasteiger partial charge on any atom is -0.325 e. The second-order valence-corrected chi connectivity index (χ2v) is 10.7. The molecule has 0 aliphatic rings. The van der Waals surface area contributed by atoms with Crippen molar-refractivity contribution < 1.29 is 14.4 Å². The molecule has 0 unspecified atom stereocenters. The van der Waals surface area contributed by atoms with Gasteiger partial charge in [0.1, 0.15) is 5.70 Å². The first-order valence-electron chi connectivity index (χ1n) is 11.8. The van der Waals surface area contributed by atoms with Gasteiger partial charge in [0.2, 0.25) is 5.91 Å². The first kappa shape index (κ1) is 28.2. The molecule has 0 aliphatic carbocycles. The fraction of sp³-hybridized carbons (Fsp3) is 0.0333. The number of carbonyl (C=O) groups excluding carboxylic acids is 3. The lowest BCUT2D eigenvalue weighted by Gasteiger charge is -2.12. The average Bonchev–Trinajstić information content (AvgIpc) is 2.93. The van der Waals surface area contributed by atoms with Gasteiger partial charge in [-0.15, -0.1) is 11.8 Å². The SMILES string of the molecule is O=C(CSc1cccc(NC(=O)/C(=C/c2cccc(Cl)c2)NC(=O)c2ccccc2)c1)Nc1ccc(Br)cc1. The molecule has 6 nitrogen and oxygen atoms in total. The van der Waals surface area contributed by atoms with Crippen molar-refractivity contribution in [3.05, 3.63) is 129 Å². The summed E-state index contributed by atoms with van der Waals surface area (Å²) in [4.78, 5) is 39.3. The van der Waals surface area contributed by atoms with Gasteiger partial charge in [-0.1, -0.05) is 63.9 Å². The van der Waals surface area contributed by atoms with Crippen LogP contribution in [0.25, 0.3) is 6.08 Å². The lowest BCUT2D eigenvalue weighted by molar-refractivity contribution is -0.114. The predicted molar refractivity (Wildman–Crippen MR) is 162 cm³/mol. The van der Waals surface area contributed by atoms with Crippen LogP contribution < -0.4 is 16.0 Å². The summed E-state index contributed by atoms with van der Waals surface area (Å²) < 4.78 is 0.930. The van der Waals surface area contributed by atoms with E-state index in [0.717, 1.165) is 9.37 Å². The van der Waals surface area contributed by atoms with E-state index in [-0.39, 0.29) is 17.4 Å². The largest absolute Gasteiger partial charge is 0.325 e. The summed E-state index contributed by atoms with van der Waals surface area (Å²) >= 11 is 10.8. The van der Waals surface area contributed by atoms with Crippen molar-refractivity contribution in [1.29, 1.82) is 0 Å². The Balaban J connectivity index is 1.45. The highest BCUT2D eigenvalue weighted by atomic mass is 79.9. The maximum atomic E-state index is 13.3. The summed E-state index contributed by atoms with van der Waals surface area (Å²) in [6, 6.07) is 30.1. The van der Waals surface area contributed by atoms with Crippen molar-refractivity contribution in [2.24, 2.45) is 0 Å². The molecule has 0 atom stereocenters. The lowest BCUT2D eigenvalue weighted by atomic mass is 10.1. The van der Waals surface area contributed by atoms with Crippen LogP contribution >= 0.6 is 39.3 Å². The van der Waals surface area contributed by atoms with Crippen molar-refractivity contribution in [2.45, 2.75) is 4.90 Å². The van der Waals surface area contributed by atoms with Gasteiger partial charge in [0, 0.05) is 31.3 Å². The predicted octanol–water partition coefficient (Wildman–Crippen LogP) is 7.24. The number of benzene rings is 4. The van der Waals surface area contributed by atoms with E-state index in [1.807, 2.05) is 36.4 Å². The molecule has 0 heterocycles. The Kier molecular flexibility index (Phi) is 9.97. The third-order valence-corrected chi connectivity index (χ3v) is 7.04. The molecular formula is C30H23BrClN3O3S. The van der Waals surface area contributed by atoms with Gasteiger partial charge in [0.15, 0.2) is 0 Å². The minimum absolute atomic E-state index is 0.0538. The number of anilines is 2. The van der Waals surface area contributed by atoms with Gasteiger partial charge in [-0.2, -0.15) is 0 Å². The molecule has 39 heavy (non-hydrogen) atoms. The Morgan fingerprint density at radius 1 is 0.795 bits per heavy atom. The van der Waals surface area contributed by atoms with E-state index in [1.54, 1.807) is 72.8 Å². The molecule has 0 saturated heterocycles. The summed E-state index contributed by atoms with van der Waals surface area (Å²) in [5.41, 5.74) is 2.35. The number of hydrogen-bond acceptors (Lipinski definition) is 4. The van der Waals surface area contributed by atoms with E-state index in [1.165, 1.54) is 11.8 Å². The molecule has 4 aromatic carbocycles. The van der Waals surface area contributed by atoms with Gasteiger partial charge in [0.05, 0.1) is 5.75 Å². The molecule has 3 amide bonds. The Labute approximate surface area is 244 Å². The summed E-state index contributed by atoms with van der Waals surface area (Å²) in [5.74, 6) is -0.873. The second kappa shape index (κ2) is 13.8. The van der Waals surface area contributed by atoms with Crippen LogP contribution in [0.1, 0.15) is 15.9 Å². The van der Waals surface area contributed by atoms with Crippen LogP contribution in [0.4, 0.5) is 11.4 Å².